The van der Waals surface area contributed by atoms with Crippen LogP contribution >= 0.6 is 0 Å². The Morgan fingerprint density at radius 3 is 2.73 bits per heavy atom. The van der Waals surface area contributed by atoms with E-state index in [0.717, 1.165) is 24.9 Å². The Hall–Kier alpha value is -0.990. The Morgan fingerprint density at radius 1 is 1.40 bits per heavy atom. The first kappa shape index (κ1) is 12.1. The number of rotatable bonds is 3. The van der Waals surface area contributed by atoms with E-state index in [1.54, 1.807) is 6.20 Å². The minimum absolute atomic E-state index is 0.744. The highest BCUT2D eigenvalue weighted by atomic mass is 16.4. The SMILES string of the molecule is CC(C)C1CCCN(C=CC(=O)O)CC1. The van der Waals surface area contributed by atoms with Crippen LogP contribution < -0.4 is 0 Å². The third kappa shape index (κ3) is 4.36. The normalized spacial score (nSPS) is 23.4. The van der Waals surface area contributed by atoms with E-state index >= 15 is 0 Å². The maximum absolute atomic E-state index is 10.4. The molecule has 1 atom stereocenters. The predicted octanol–water partition coefficient (Wildman–Crippen LogP) is 2.34. The van der Waals surface area contributed by atoms with E-state index < -0.39 is 5.97 Å². The van der Waals surface area contributed by atoms with Crippen LogP contribution in [-0.4, -0.2) is 29.1 Å². The van der Waals surface area contributed by atoms with E-state index in [4.69, 9.17) is 5.11 Å². The molecule has 15 heavy (non-hydrogen) atoms. The third-order valence-electron chi connectivity index (χ3n) is 3.18. The molecule has 86 valence electrons. The van der Waals surface area contributed by atoms with E-state index in [-0.39, 0.29) is 0 Å². The summed E-state index contributed by atoms with van der Waals surface area (Å²) in [4.78, 5) is 12.5. The van der Waals surface area contributed by atoms with E-state index in [1.165, 1.54) is 25.3 Å². The molecule has 1 aliphatic heterocycles. The first-order chi connectivity index (χ1) is 7.09. The molecular weight excluding hydrogens is 190 g/mol. The van der Waals surface area contributed by atoms with Gasteiger partial charge >= 0.3 is 5.97 Å². The van der Waals surface area contributed by atoms with Gasteiger partial charge in [0.1, 0.15) is 0 Å². The Labute approximate surface area is 91.8 Å². The van der Waals surface area contributed by atoms with Gasteiger partial charge in [0, 0.05) is 25.4 Å². The fraction of sp³-hybridized carbons (Fsp3) is 0.750. The molecule has 0 bridgehead atoms. The van der Waals surface area contributed by atoms with Crippen molar-refractivity contribution in [1.29, 1.82) is 0 Å². The van der Waals surface area contributed by atoms with Gasteiger partial charge in [-0.3, -0.25) is 0 Å². The molecule has 1 fully saturated rings. The Balaban J connectivity index is 2.42. The number of carbonyl (C=O) groups is 1. The van der Waals surface area contributed by atoms with Crippen LogP contribution in [0.1, 0.15) is 33.1 Å². The van der Waals surface area contributed by atoms with Crippen molar-refractivity contribution in [2.24, 2.45) is 11.8 Å². The van der Waals surface area contributed by atoms with Gasteiger partial charge in [-0.25, -0.2) is 4.79 Å². The Bertz CT molecular complexity index is 236. The second kappa shape index (κ2) is 5.79. The summed E-state index contributed by atoms with van der Waals surface area (Å²) in [5.74, 6) is 0.682. The van der Waals surface area contributed by atoms with E-state index in [1.807, 2.05) is 0 Å². The lowest BCUT2D eigenvalue weighted by atomic mass is 9.89. The van der Waals surface area contributed by atoms with Gasteiger partial charge in [0.15, 0.2) is 0 Å². The number of aliphatic carboxylic acids is 1. The lowest BCUT2D eigenvalue weighted by molar-refractivity contribution is -0.131. The number of hydrogen-bond acceptors (Lipinski definition) is 2. The molecule has 1 unspecified atom stereocenters. The van der Waals surface area contributed by atoms with Gasteiger partial charge in [-0.2, -0.15) is 0 Å². The van der Waals surface area contributed by atoms with Gasteiger partial charge in [-0.1, -0.05) is 13.8 Å². The molecule has 3 heteroatoms. The zero-order chi connectivity index (χ0) is 11.3. The second-order valence-electron chi connectivity index (χ2n) is 4.62. The van der Waals surface area contributed by atoms with Gasteiger partial charge in [-0.05, 0) is 31.1 Å². The standard InChI is InChI=1S/C12H21NO2/c1-10(2)11-4-3-7-13(8-5-11)9-6-12(14)15/h6,9-11H,3-5,7-8H2,1-2H3,(H,14,15). The first-order valence-corrected chi connectivity index (χ1v) is 5.74. The van der Waals surface area contributed by atoms with Gasteiger partial charge < -0.3 is 10.0 Å². The second-order valence-corrected chi connectivity index (χ2v) is 4.62. The van der Waals surface area contributed by atoms with Crippen LogP contribution in [-0.2, 0) is 4.79 Å². The highest BCUT2D eigenvalue weighted by Gasteiger charge is 2.17. The lowest BCUT2D eigenvalue weighted by Gasteiger charge is -2.19. The summed E-state index contributed by atoms with van der Waals surface area (Å²) in [6, 6.07) is 0. The van der Waals surface area contributed by atoms with Crippen LogP contribution in [0, 0.1) is 11.8 Å². The highest BCUT2D eigenvalue weighted by Crippen LogP contribution is 2.24. The van der Waals surface area contributed by atoms with Crippen molar-refractivity contribution in [3.05, 3.63) is 12.3 Å². The topological polar surface area (TPSA) is 40.5 Å². The highest BCUT2D eigenvalue weighted by molar-refractivity contribution is 5.79. The average Bonchev–Trinajstić information content (AvgIpc) is 2.39. The van der Waals surface area contributed by atoms with Crippen molar-refractivity contribution in [3.63, 3.8) is 0 Å². The average molecular weight is 211 g/mol. The van der Waals surface area contributed by atoms with Crippen LogP contribution in [0.15, 0.2) is 12.3 Å². The molecule has 1 rings (SSSR count). The minimum Gasteiger partial charge on any atom is -0.478 e. The first-order valence-electron chi connectivity index (χ1n) is 5.74. The molecule has 0 aromatic heterocycles. The fourth-order valence-corrected chi connectivity index (χ4v) is 2.13. The van der Waals surface area contributed by atoms with E-state index in [0.29, 0.717) is 0 Å². The van der Waals surface area contributed by atoms with Gasteiger partial charge in [0.05, 0.1) is 0 Å². The molecular formula is C12H21NO2. The summed E-state index contributed by atoms with van der Waals surface area (Å²) in [5.41, 5.74) is 0. The zero-order valence-corrected chi connectivity index (χ0v) is 9.65. The van der Waals surface area contributed by atoms with Crippen LogP contribution in [0.2, 0.25) is 0 Å². The van der Waals surface area contributed by atoms with Crippen LogP contribution in [0.5, 0.6) is 0 Å². The molecule has 1 N–H and O–H groups in total. The number of likely N-dealkylation sites (tertiary alicyclic amines) is 1. The van der Waals surface area contributed by atoms with Gasteiger partial charge in [0.25, 0.3) is 0 Å². The molecule has 1 heterocycles. The molecule has 1 saturated heterocycles. The van der Waals surface area contributed by atoms with Crippen LogP contribution in [0.25, 0.3) is 0 Å². The smallest absolute Gasteiger partial charge is 0.329 e. The van der Waals surface area contributed by atoms with Crippen molar-refractivity contribution >= 4 is 5.97 Å². The molecule has 0 spiro atoms. The number of carboxylic acids is 1. The third-order valence-corrected chi connectivity index (χ3v) is 3.18. The zero-order valence-electron chi connectivity index (χ0n) is 9.65. The molecule has 0 aliphatic carbocycles. The maximum Gasteiger partial charge on any atom is 0.329 e. The largest absolute Gasteiger partial charge is 0.478 e. The van der Waals surface area contributed by atoms with Gasteiger partial charge in [-0.15, -0.1) is 0 Å². The van der Waals surface area contributed by atoms with Crippen LogP contribution in [0.4, 0.5) is 0 Å². The molecule has 0 amide bonds. The van der Waals surface area contributed by atoms with E-state index in [9.17, 15) is 4.79 Å². The number of carboxylic acid groups (broad SMARTS) is 1. The van der Waals surface area contributed by atoms with Crippen molar-refractivity contribution < 1.29 is 9.90 Å². The molecule has 0 saturated carbocycles. The fourth-order valence-electron chi connectivity index (χ4n) is 2.13. The Morgan fingerprint density at radius 2 is 2.13 bits per heavy atom. The summed E-state index contributed by atoms with van der Waals surface area (Å²) in [6.07, 6.45) is 6.57. The maximum atomic E-state index is 10.4. The lowest BCUT2D eigenvalue weighted by Crippen LogP contribution is -2.19. The summed E-state index contributed by atoms with van der Waals surface area (Å²) in [6.45, 7) is 6.53. The minimum atomic E-state index is -0.861. The Kier molecular flexibility index (Phi) is 4.66. The van der Waals surface area contributed by atoms with Crippen LogP contribution in [0.3, 0.4) is 0 Å². The van der Waals surface area contributed by atoms with Crippen molar-refractivity contribution in [2.75, 3.05) is 13.1 Å². The molecule has 0 aromatic rings. The molecule has 0 radical (unpaired) electrons. The summed E-state index contributed by atoms with van der Waals surface area (Å²) in [5, 5.41) is 8.54. The monoisotopic (exact) mass is 211 g/mol. The van der Waals surface area contributed by atoms with Crippen molar-refractivity contribution in [3.8, 4) is 0 Å². The summed E-state index contributed by atoms with van der Waals surface area (Å²) < 4.78 is 0. The summed E-state index contributed by atoms with van der Waals surface area (Å²) >= 11 is 0. The number of nitrogens with zero attached hydrogens (tertiary/aromatic N) is 1. The van der Waals surface area contributed by atoms with Gasteiger partial charge in [0.2, 0.25) is 0 Å². The predicted molar refractivity (Wildman–Crippen MR) is 60.5 cm³/mol. The quantitative estimate of drug-likeness (QED) is 0.728. The van der Waals surface area contributed by atoms with Crippen molar-refractivity contribution in [2.45, 2.75) is 33.1 Å². The molecule has 1 aliphatic rings. The molecule has 3 nitrogen and oxygen atoms in total. The molecule has 0 aromatic carbocycles. The van der Waals surface area contributed by atoms with Crippen molar-refractivity contribution in [1.82, 2.24) is 4.90 Å². The summed E-state index contributed by atoms with van der Waals surface area (Å²) in [7, 11) is 0. The number of hydrogen-bond donors (Lipinski definition) is 1. The van der Waals surface area contributed by atoms with E-state index in [2.05, 4.69) is 18.7 Å².